The Morgan fingerprint density at radius 1 is 1.19 bits per heavy atom. The maximum atomic E-state index is 14.0. The normalized spacial score (nSPS) is 21.0. The average molecular weight is 491 g/mol. The van der Waals surface area contributed by atoms with Gasteiger partial charge in [-0.05, 0) is 54.0 Å². The van der Waals surface area contributed by atoms with Crippen LogP contribution in [0.1, 0.15) is 27.0 Å². The number of oxime groups is 1. The number of rotatable bonds is 4. The number of aryl methyl sites for hydroxylation is 1. The molecule has 1 atom stereocenters. The van der Waals surface area contributed by atoms with Crippen molar-refractivity contribution in [3.05, 3.63) is 68.7 Å². The molecule has 0 radical (unpaired) electrons. The minimum atomic E-state index is -4.98. The van der Waals surface area contributed by atoms with Crippen LogP contribution in [0.25, 0.3) is 0 Å². The molecule has 0 spiro atoms. The third-order valence-electron chi connectivity index (χ3n) is 4.80. The number of ether oxygens (including phenoxy) is 1. The van der Waals surface area contributed by atoms with Crippen LogP contribution in [0.5, 0.6) is 0 Å². The van der Waals surface area contributed by atoms with E-state index in [4.69, 9.17) is 32.8 Å². The fourth-order valence-corrected chi connectivity index (χ4v) is 4.32. The van der Waals surface area contributed by atoms with Gasteiger partial charge in [-0.3, -0.25) is 4.79 Å². The number of hydrogen-bond donors (Lipinski definition) is 1. The van der Waals surface area contributed by atoms with Gasteiger partial charge in [0.1, 0.15) is 0 Å². The number of hydrogen-bond acceptors (Lipinski definition) is 5. The van der Waals surface area contributed by atoms with Crippen molar-refractivity contribution in [3.63, 3.8) is 0 Å². The van der Waals surface area contributed by atoms with E-state index in [0.717, 1.165) is 23.6 Å². The van der Waals surface area contributed by atoms with E-state index in [1.165, 1.54) is 24.3 Å². The number of nitrogens with zero attached hydrogens (tertiary/aromatic N) is 1. The largest absolute Gasteiger partial charge is 0.475 e. The molecule has 0 aliphatic carbocycles. The predicted octanol–water partition coefficient (Wildman–Crippen LogP) is 5.27. The summed E-state index contributed by atoms with van der Waals surface area (Å²) in [7, 11) is 0. The van der Waals surface area contributed by atoms with E-state index in [0.29, 0.717) is 11.1 Å². The third-order valence-corrected chi connectivity index (χ3v) is 6.52. The smallest absolute Gasteiger partial charge is 0.419 e. The van der Waals surface area contributed by atoms with Crippen molar-refractivity contribution in [2.75, 3.05) is 11.5 Å². The number of amides is 1. The Balaban J connectivity index is 1.61. The highest BCUT2D eigenvalue weighted by molar-refractivity contribution is 8.00. The van der Waals surface area contributed by atoms with Gasteiger partial charge in [0, 0.05) is 38.7 Å². The number of nitrogens with one attached hydrogen (secondary N) is 1. The zero-order valence-electron chi connectivity index (χ0n) is 15.9. The van der Waals surface area contributed by atoms with Crippen LogP contribution in [0.2, 0.25) is 10.0 Å². The van der Waals surface area contributed by atoms with Crippen LogP contribution in [0.4, 0.5) is 13.2 Å². The van der Waals surface area contributed by atoms with E-state index in [1.54, 1.807) is 18.7 Å². The summed E-state index contributed by atoms with van der Waals surface area (Å²) in [5.74, 6) is -2.09. The molecule has 1 unspecified atom stereocenters. The number of benzene rings is 2. The maximum Gasteiger partial charge on any atom is 0.475 e. The molecule has 4 rings (SSSR count). The van der Waals surface area contributed by atoms with Gasteiger partial charge in [-0.25, -0.2) is 0 Å². The summed E-state index contributed by atoms with van der Waals surface area (Å²) < 4.78 is 47.2. The topological polar surface area (TPSA) is 59.9 Å². The van der Waals surface area contributed by atoms with Crippen molar-refractivity contribution < 1.29 is 27.5 Å². The first-order valence-electron chi connectivity index (χ1n) is 9.07. The summed E-state index contributed by atoms with van der Waals surface area (Å²) in [5.41, 5.74) is 0.766. The van der Waals surface area contributed by atoms with Gasteiger partial charge >= 0.3 is 12.0 Å². The Morgan fingerprint density at radius 3 is 2.42 bits per heavy atom. The highest BCUT2D eigenvalue weighted by Crippen LogP contribution is 2.48. The maximum absolute atomic E-state index is 14.0. The van der Waals surface area contributed by atoms with Crippen molar-refractivity contribution in [1.29, 1.82) is 0 Å². The van der Waals surface area contributed by atoms with E-state index < -0.39 is 17.5 Å². The summed E-state index contributed by atoms with van der Waals surface area (Å²) >= 11 is 13.5. The second-order valence-electron chi connectivity index (χ2n) is 7.10. The molecule has 11 heteroatoms. The lowest BCUT2D eigenvalue weighted by molar-refractivity contribution is -0.352. The van der Waals surface area contributed by atoms with Gasteiger partial charge in [0.2, 0.25) is 0 Å². The molecule has 5 nitrogen and oxygen atoms in total. The Labute approximate surface area is 189 Å². The van der Waals surface area contributed by atoms with Gasteiger partial charge in [0.15, 0.2) is 0 Å². The fourth-order valence-electron chi connectivity index (χ4n) is 3.15. The average Bonchev–Trinajstić information content (AvgIpc) is 3.10. The highest BCUT2D eigenvalue weighted by Gasteiger charge is 2.65. The minimum absolute atomic E-state index is 0.0113. The number of alkyl halides is 3. The van der Waals surface area contributed by atoms with Gasteiger partial charge in [-0.15, -0.1) is 0 Å². The second-order valence-corrected chi connectivity index (χ2v) is 9.05. The molecule has 0 bridgehead atoms. The van der Waals surface area contributed by atoms with Crippen LogP contribution in [0.15, 0.2) is 41.6 Å². The van der Waals surface area contributed by atoms with Crippen molar-refractivity contribution in [2.45, 2.75) is 24.9 Å². The van der Waals surface area contributed by atoms with Crippen molar-refractivity contribution in [2.24, 2.45) is 5.16 Å². The SMILES string of the molecule is Cc1cc(C2=NOC(c3cc(Cl)cc(Cl)c3)(C(F)(F)F)O2)ccc1C(=O)NC1CSC1. The number of thioether (sulfide) groups is 1. The van der Waals surface area contributed by atoms with Crippen LogP contribution < -0.4 is 5.32 Å². The van der Waals surface area contributed by atoms with Gasteiger partial charge in [0.05, 0.1) is 5.56 Å². The van der Waals surface area contributed by atoms with Gasteiger partial charge in [-0.1, -0.05) is 23.2 Å². The van der Waals surface area contributed by atoms with E-state index in [-0.39, 0.29) is 33.5 Å². The molecule has 2 aromatic rings. The standard InChI is InChI=1S/C20H15Cl2F3N2O3S/c1-10-4-11(2-3-16(10)17(28)26-15-8-31-9-15)18-27-30-19(29-18,20(23,24)25)12-5-13(21)7-14(22)6-12/h2-7,15H,8-9H2,1H3,(H,26,28). The first-order valence-corrected chi connectivity index (χ1v) is 11.0. The molecular formula is C20H15Cl2F3N2O3S. The lowest BCUT2D eigenvalue weighted by Gasteiger charge is -2.28. The van der Waals surface area contributed by atoms with Gasteiger partial charge < -0.3 is 14.9 Å². The summed E-state index contributed by atoms with van der Waals surface area (Å²) in [5, 5.41) is 6.42. The van der Waals surface area contributed by atoms with Gasteiger partial charge in [-0.2, -0.15) is 24.9 Å². The molecule has 0 aromatic heterocycles. The zero-order chi connectivity index (χ0) is 22.4. The van der Waals surface area contributed by atoms with Crippen LogP contribution >= 0.6 is 35.0 Å². The summed E-state index contributed by atoms with van der Waals surface area (Å²) in [6, 6.07) is 8.02. The zero-order valence-corrected chi connectivity index (χ0v) is 18.3. The first kappa shape index (κ1) is 22.1. The van der Waals surface area contributed by atoms with E-state index in [9.17, 15) is 18.0 Å². The molecule has 31 heavy (non-hydrogen) atoms. The molecular weight excluding hydrogens is 476 g/mol. The van der Waals surface area contributed by atoms with Crippen LogP contribution in [0.3, 0.4) is 0 Å². The Morgan fingerprint density at radius 2 is 1.87 bits per heavy atom. The molecule has 2 aromatic carbocycles. The quantitative estimate of drug-likeness (QED) is 0.633. The van der Waals surface area contributed by atoms with Crippen LogP contribution in [-0.4, -0.2) is 35.5 Å². The van der Waals surface area contributed by atoms with Crippen molar-refractivity contribution >= 4 is 46.8 Å². The highest BCUT2D eigenvalue weighted by atomic mass is 35.5. The molecule has 0 saturated carbocycles. The minimum Gasteiger partial charge on any atom is -0.419 e. The van der Waals surface area contributed by atoms with Crippen molar-refractivity contribution in [1.82, 2.24) is 5.32 Å². The molecule has 2 aliphatic heterocycles. The monoisotopic (exact) mass is 490 g/mol. The molecule has 2 heterocycles. The van der Waals surface area contributed by atoms with Crippen LogP contribution in [0, 0.1) is 6.92 Å². The summed E-state index contributed by atoms with van der Waals surface area (Å²) in [6.45, 7) is 1.68. The number of carbonyl (C=O) groups excluding carboxylic acids is 1. The Bertz CT molecular complexity index is 1060. The summed E-state index contributed by atoms with van der Waals surface area (Å²) in [4.78, 5) is 17.2. The lowest BCUT2D eigenvalue weighted by atomic mass is 10.0. The molecule has 164 valence electrons. The van der Waals surface area contributed by atoms with Crippen molar-refractivity contribution in [3.8, 4) is 0 Å². The molecule has 1 fully saturated rings. The van der Waals surface area contributed by atoms with E-state index in [2.05, 4.69) is 10.5 Å². The van der Waals surface area contributed by atoms with E-state index in [1.807, 2.05) is 0 Å². The number of carbonyl (C=O) groups is 1. The first-order chi connectivity index (χ1) is 14.6. The predicted molar refractivity (Wildman–Crippen MR) is 113 cm³/mol. The third kappa shape index (κ3) is 4.18. The van der Waals surface area contributed by atoms with Crippen LogP contribution in [-0.2, 0) is 15.4 Å². The summed E-state index contributed by atoms with van der Waals surface area (Å²) in [6.07, 6.45) is -4.98. The second kappa shape index (κ2) is 8.11. The molecule has 1 saturated heterocycles. The lowest BCUT2D eigenvalue weighted by Crippen LogP contribution is -2.44. The Kier molecular flexibility index (Phi) is 5.78. The fraction of sp³-hybridized carbons (Fsp3) is 0.300. The Hall–Kier alpha value is -2.10. The number of halogens is 5. The molecule has 1 N–H and O–H groups in total. The van der Waals surface area contributed by atoms with E-state index >= 15 is 0 Å². The van der Waals surface area contributed by atoms with Gasteiger partial charge in [0.25, 0.3) is 11.8 Å². The molecule has 2 aliphatic rings. The molecule has 1 amide bonds.